The van der Waals surface area contributed by atoms with Crippen LogP contribution in [0.15, 0.2) is 18.2 Å². The smallest absolute Gasteiger partial charge is 0.168 e. The molecule has 0 aromatic heterocycles. The van der Waals surface area contributed by atoms with Crippen molar-refractivity contribution in [2.24, 2.45) is 5.73 Å². The van der Waals surface area contributed by atoms with E-state index >= 15 is 0 Å². The molecule has 0 saturated heterocycles. The lowest BCUT2D eigenvalue weighted by Crippen LogP contribution is -2.23. The Balaban J connectivity index is 2.66. The number of ether oxygens (including phenoxy) is 1. The molecule has 2 nitrogen and oxygen atoms in total. The van der Waals surface area contributed by atoms with E-state index in [0.717, 1.165) is 19.3 Å². The summed E-state index contributed by atoms with van der Waals surface area (Å²) in [5.74, 6) is 0.0112. The van der Waals surface area contributed by atoms with Gasteiger partial charge in [0.05, 0.1) is 7.11 Å². The molecule has 1 unspecified atom stereocenters. The molecule has 0 spiro atoms. The van der Waals surface area contributed by atoms with Gasteiger partial charge < -0.3 is 10.5 Å². The van der Waals surface area contributed by atoms with Gasteiger partial charge in [0, 0.05) is 6.04 Å². The number of benzene rings is 1. The Morgan fingerprint density at radius 3 is 2.81 bits per heavy atom. The van der Waals surface area contributed by atoms with Crippen LogP contribution in [0, 0.1) is 5.82 Å². The highest BCUT2D eigenvalue weighted by atomic mass is 19.1. The van der Waals surface area contributed by atoms with Crippen molar-refractivity contribution in [2.45, 2.75) is 38.6 Å². The molecule has 0 amide bonds. The summed E-state index contributed by atoms with van der Waals surface area (Å²) in [5, 5.41) is 0. The second kappa shape index (κ2) is 6.48. The van der Waals surface area contributed by atoms with Crippen LogP contribution in [-0.2, 0) is 6.42 Å². The Morgan fingerprint density at radius 1 is 1.44 bits per heavy atom. The molecule has 1 aromatic rings. The maximum atomic E-state index is 13.8. The van der Waals surface area contributed by atoms with Crippen molar-refractivity contribution >= 4 is 0 Å². The Hall–Kier alpha value is -1.09. The van der Waals surface area contributed by atoms with Crippen molar-refractivity contribution in [1.29, 1.82) is 0 Å². The zero-order valence-corrected chi connectivity index (χ0v) is 10.0. The Kier molecular flexibility index (Phi) is 5.26. The summed E-state index contributed by atoms with van der Waals surface area (Å²) in [7, 11) is 1.47. The third kappa shape index (κ3) is 3.49. The van der Waals surface area contributed by atoms with E-state index in [2.05, 4.69) is 6.92 Å². The third-order valence-electron chi connectivity index (χ3n) is 2.67. The lowest BCUT2D eigenvalue weighted by atomic mass is 10.0. The molecule has 3 heteroatoms. The zero-order valence-electron chi connectivity index (χ0n) is 10.0. The number of halogens is 1. The van der Waals surface area contributed by atoms with E-state index in [1.54, 1.807) is 18.2 Å². The van der Waals surface area contributed by atoms with Gasteiger partial charge in [0.1, 0.15) is 0 Å². The lowest BCUT2D eigenvalue weighted by molar-refractivity contribution is 0.383. The van der Waals surface area contributed by atoms with Gasteiger partial charge in [-0.2, -0.15) is 0 Å². The predicted octanol–water partition coefficient (Wildman–Crippen LogP) is 2.89. The lowest BCUT2D eigenvalue weighted by Gasteiger charge is -2.12. The maximum Gasteiger partial charge on any atom is 0.168 e. The van der Waals surface area contributed by atoms with E-state index in [0.29, 0.717) is 17.7 Å². The molecule has 1 rings (SSSR count). The van der Waals surface area contributed by atoms with Crippen molar-refractivity contribution in [3.63, 3.8) is 0 Å². The van der Waals surface area contributed by atoms with Crippen LogP contribution < -0.4 is 10.5 Å². The molecule has 0 fully saturated rings. The summed E-state index contributed by atoms with van der Waals surface area (Å²) < 4.78 is 18.7. The molecular weight excluding hydrogens is 205 g/mol. The molecule has 1 atom stereocenters. The molecule has 0 aliphatic heterocycles. The fraction of sp³-hybridized carbons (Fsp3) is 0.538. The summed E-state index contributed by atoms with van der Waals surface area (Å²) in [6, 6.07) is 5.21. The minimum atomic E-state index is -0.281. The summed E-state index contributed by atoms with van der Waals surface area (Å²) in [4.78, 5) is 0. The first-order chi connectivity index (χ1) is 7.69. The zero-order chi connectivity index (χ0) is 12.0. The summed E-state index contributed by atoms with van der Waals surface area (Å²) in [5.41, 5.74) is 6.59. The van der Waals surface area contributed by atoms with Crippen molar-refractivity contribution in [2.75, 3.05) is 7.11 Å². The molecule has 16 heavy (non-hydrogen) atoms. The van der Waals surface area contributed by atoms with Crippen LogP contribution in [0.1, 0.15) is 31.7 Å². The second-order valence-corrected chi connectivity index (χ2v) is 4.04. The van der Waals surface area contributed by atoms with Crippen LogP contribution in [-0.4, -0.2) is 13.2 Å². The Labute approximate surface area is 96.6 Å². The average molecular weight is 225 g/mol. The van der Waals surface area contributed by atoms with Crippen LogP contribution >= 0.6 is 0 Å². The number of rotatable bonds is 6. The first-order valence-electron chi connectivity index (χ1n) is 5.76. The topological polar surface area (TPSA) is 35.2 Å². The normalized spacial score (nSPS) is 12.5. The highest BCUT2D eigenvalue weighted by Crippen LogP contribution is 2.21. The van der Waals surface area contributed by atoms with E-state index in [4.69, 9.17) is 10.5 Å². The summed E-state index contributed by atoms with van der Waals surface area (Å²) >= 11 is 0. The van der Waals surface area contributed by atoms with Gasteiger partial charge in [0.2, 0.25) is 0 Å². The Morgan fingerprint density at radius 2 is 2.19 bits per heavy atom. The van der Waals surface area contributed by atoms with E-state index in [9.17, 15) is 4.39 Å². The van der Waals surface area contributed by atoms with Crippen LogP contribution in [0.4, 0.5) is 4.39 Å². The number of unbranched alkanes of at least 4 members (excludes halogenated alkanes) is 1. The monoisotopic (exact) mass is 225 g/mol. The molecule has 0 radical (unpaired) electrons. The first-order valence-corrected chi connectivity index (χ1v) is 5.76. The van der Waals surface area contributed by atoms with E-state index in [-0.39, 0.29) is 11.9 Å². The maximum absolute atomic E-state index is 13.8. The van der Waals surface area contributed by atoms with E-state index in [1.807, 2.05) is 0 Å². The first kappa shape index (κ1) is 13.0. The van der Waals surface area contributed by atoms with Gasteiger partial charge in [-0.3, -0.25) is 0 Å². The van der Waals surface area contributed by atoms with Crippen molar-refractivity contribution in [3.05, 3.63) is 29.6 Å². The average Bonchev–Trinajstić information content (AvgIpc) is 2.29. The largest absolute Gasteiger partial charge is 0.494 e. The van der Waals surface area contributed by atoms with Gasteiger partial charge in [-0.1, -0.05) is 31.9 Å². The minimum Gasteiger partial charge on any atom is -0.494 e. The number of hydrogen-bond acceptors (Lipinski definition) is 2. The van der Waals surface area contributed by atoms with Gasteiger partial charge in [-0.05, 0) is 24.5 Å². The fourth-order valence-electron chi connectivity index (χ4n) is 1.72. The molecular formula is C13H20FNO. The summed E-state index contributed by atoms with van der Waals surface area (Å²) in [6.45, 7) is 2.12. The second-order valence-electron chi connectivity index (χ2n) is 4.04. The number of hydrogen-bond donors (Lipinski definition) is 1. The van der Waals surface area contributed by atoms with Crippen LogP contribution in [0.5, 0.6) is 5.75 Å². The standard InChI is InChI=1S/C13H20FNO/c1-3-4-7-11(15)9-10-6-5-8-12(16-2)13(10)14/h5-6,8,11H,3-4,7,9,15H2,1-2H3. The molecule has 2 N–H and O–H groups in total. The van der Waals surface area contributed by atoms with Gasteiger partial charge >= 0.3 is 0 Å². The summed E-state index contributed by atoms with van der Waals surface area (Å²) in [6.07, 6.45) is 3.72. The number of methoxy groups -OCH3 is 1. The molecule has 1 aromatic carbocycles. The molecule has 0 aliphatic rings. The van der Waals surface area contributed by atoms with Gasteiger partial charge in [-0.25, -0.2) is 4.39 Å². The van der Waals surface area contributed by atoms with E-state index in [1.165, 1.54) is 7.11 Å². The quantitative estimate of drug-likeness (QED) is 0.808. The molecule has 0 bridgehead atoms. The molecule has 0 saturated carbocycles. The van der Waals surface area contributed by atoms with Gasteiger partial charge in [-0.15, -0.1) is 0 Å². The molecule has 0 heterocycles. The van der Waals surface area contributed by atoms with Crippen molar-refractivity contribution in [3.8, 4) is 5.75 Å². The van der Waals surface area contributed by atoms with Crippen LogP contribution in [0.3, 0.4) is 0 Å². The van der Waals surface area contributed by atoms with Gasteiger partial charge in [0.15, 0.2) is 11.6 Å². The highest BCUT2D eigenvalue weighted by Gasteiger charge is 2.11. The minimum absolute atomic E-state index is 0.0292. The van der Waals surface area contributed by atoms with Crippen LogP contribution in [0.25, 0.3) is 0 Å². The predicted molar refractivity (Wildman–Crippen MR) is 64.2 cm³/mol. The Bertz CT molecular complexity index is 328. The van der Waals surface area contributed by atoms with Crippen molar-refractivity contribution < 1.29 is 9.13 Å². The fourth-order valence-corrected chi connectivity index (χ4v) is 1.72. The van der Waals surface area contributed by atoms with Crippen molar-refractivity contribution in [1.82, 2.24) is 0 Å². The van der Waals surface area contributed by atoms with E-state index < -0.39 is 0 Å². The third-order valence-corrected chi connectivity index (χ3v) is 2.67. The molecule has 90 valence electrons. The SMILES string of the molecule is CCCCC(N)Cc1cccc(OC)c1F. The van der Waals surface area contributed by atoms with Gasteiger partial charge in [0.25, 0.3) is 0 Å². The molecule has 0 aliphatic carbocycles. The van der Waals surface area contributed by atoms with Crippen LogP contribution in [0.2, 0.25) is 0 Å². The highest BCUT2D eigenvalue weighted by molar-refractivity contribution is 5.31. The number of nitrogens with two attached hydrogens (primary N) is 1.